The molecule has 0 radical (unpaired) electrons. The van der Waals surface area contributed by atoms with Gasteiger partial charge in [-0.2, -0.15) is 15.2 Å². The fourth-order valence-electron chi connectivity index (χ4n) is 3.17. The number of carbonyl (C=O) groups is 1. The minimum atomic E-state index is -0.402. The zero-order chi connectivity index (χ0) is 20.6. The molecule has 3 rings (SSSR count). The van der Waals surface area contributed by atoms with Gasteiger partial charge in [0.05, 0.1) is 11.4 Å². The predicted octanol–water partition coefficient (Wildman–Crippen LogP) is 2.51. The Morgan fingerprint density at radius 3 is 2.50 bits per heavy atom. The van der Waals surface area contributed by atoms with Crippen LogP contribution in [0.3, 0.4) is 0 Å². The minimum absolute atomic E-state index is 0.253. The third-order valence-corrected chi connectivity index (χ3v) is 4.67. The molecule has 28 heavy (non-hydrogen) atoms. The van der Waals surface area contributed by atoms with Gasteiger partial charge in [0.15, 0.2) is 5.82 Å². The normalized spacial score (nSPS) is 12.6. The van der Waals surface area contributed by atoms with E-state index >= 15 is 0 Å². The number of nitrogens with one attached hydrogen (secondary N) is 1. The van der Waals surface area contributed by atoms with Gasteiger partial charge in [-0.05, 0) is 32.8 Å². The van der Waals surface area contributed by atoms with E-state index in [1.165, 1.54) is 0 Å². The molecule has 150 valence electrons. The summed E-state index contributed by atoms with van der Waals surface area (Å²) < 4.78 is 8.68. The molecule has 3 aromatic heterocycles. The molecule has 9 heteroatoms. The molecular weight excluding hydrogens is 358 g/mol. The van der Waals surface area contributed by atoms with E-state index in [0.717, 1.165) is 29.1 Å². The van der Waals surface area contributed by atoms with Gasteiger partial charge in [-0.15, -0.1) is 0 Å². The van der Waals surface area contributed by atoms with Crippen molar-refractivity contribution in [3.05, 3.63) is 34.9 Å². The Hall–Kier alpha value is -2.97. The zero-order valence-corrected chi connectivity index (χ0v) is 17.4. The first-order valence-corrected chi connectivity index (χ1v) is 9.35. The second-order valence-corrected chi connectivity index (χ2v) is 7.55. The highest BCUT2D eigenvalue weighted by molar-refractivity contribution is 5.94. The number of hydrogen-bond acceptors (Lipinski definition) is 6. The Morgan fingerprint density at radius 2 is 1.89 bits per heavy atom. The predicted molar refractivity (Wildman–Crippen MR) is 104 cm³/mol. The fourth-order valence-corrected chi connectivity index (χ4v) is 3.17. The summed E-state index contributed by atoms with van der Waals surface area (Å²) in [6, 6.07) is 1.37. The Balaban J connectivity index is 1.78. The van der Waals surface area contributed by atoms with Crippen molar-refractivity contribution in [2.45, 2.75) is 47.1 Å². The lowest BCUT2D eigenvalue weighted by atomic mass is 10.1. The second kappa shape index (κ2) is 7.57. The van der Waals surface area contributed by atoms with Crippen molar-refractivity contribution in [3.8, 4) is 11.3 Å². The Labute approximate surface area is 164 Å². The number of rotatable bonds is 6. The molecule has 3 heterocycles. The lowest BCUT2D eigenvalue weighted by Crippen LogP contribution is -2.28. The molecule has 0 saturated heterocycles. The maximum Gasteiger partial charge on any atom is 0.270 e. The van der Waals surface area contributed by atoms with E-state index in [-0.39, 0.29) is 5.91 Å². The van der Waals surface area contributed by atoms with Crippen molar-refractivity contribution < 1.29 is 9.32 Å². The van der Waals surface area contributed by atoms with Crippen LogP contribution < -0.4 is 5.32 Å². The summed E-state index contributed by atoms with van der Waals surface area (Å²) in [6.07, 6.45) is 0.735. The lowest BCUT2D eigenvalue weighted by molar-refractivity contribution is 0.0923. The van der Waals surface area contributed by atoms with E-state index in [9.17, 15) is 4.79 Å². The molecule has 1 atom stereocenters. The quantitative estimate of drug-likeness (QED) is 0.699. The van der Waals surface area contributed by atoms with Crippen LogP contribution in [0.25, 0.3) is 11.3 Å². The Morgan fingerprint density at radius 1 is 1.18 bits per heavy atom. The van der Waals surface area contributed by atoms with Crippen molar-refractivity contribution in [1.29, 1.82) is 0 Å². The zero-order valence-electron chi connectivity index (χ0n) is 17.4. The number of nitrogens with zero attached hydrogens (tertiary/aromatic N) is 6. The highest BCUT2D eigenvalue weighted by Gasteiger charge is 2.22. The van der Waals surface area contributed by atoms with Crippen LogP contribution in [0.15, 0.2) is 10.6 Å². The smallest absolute Gasteiger partial charge is 0.270 e. The maximum atomic E-state index is 12.8. The monoisotopic (exact) mass is 385 g/mol. The van der Waals surface area contributed by atoms with E-state index in [1.54, 1.807) is 17.8 Å². The summed E-state index contributed by atoms with van der Waals surface area (Å²) in [5, 5.41) is 15.8. The minimum Gasteiger partial charge on any atom is -0.339 e. The third-order valence-electron chi connectivity index (χ3n) is 4.67. The molecule has 0 fully saturated rings. The molecule has 1 amide bonds. The average Bonchev–Trinajstić information content (AvgIpc) is 3.26. The summed E-state index contributed by atoms with van der Waals surface area (Å²) in [5.74, 6) is 1.22. The summed E-state index contributed by atoms with van der Waals surface area (Å²) in [5.41, 5.74) is 3.99. The second-order valence-electron chi connectivity index (χ2n) is 7.55. The number of aryl methyl sites for hydroxylation is 3. The van der Waals surface area contributed by atoms with Gasteiger partial charge in [0.2, 0.25) is 5.89 Å². The van der Waals surface area contributed by atoms with Crippen LogP contribution in [0.2, 0.25) is 0 Å². The first kappa shape index (κ1) is 19.8. The summed E-state index contributed by atoms with van der Waals surface area (Å²) >= 11 is 0. The van der Waals surface area contributed by atoms with Crippen LogP contribution in [0.5, 0.6) is 0 Å². The fraction of sp³-hybridized carbons (Fsp3) is 0.526. The number of carbonyl (C=O) groups excluding carboxylic acids is 1. The van der Waals surface area contributed by atoms with Crippen LogP contribution in [0, 0.1) is 19.8 Å². The molecule has 0 aliphatic rings. The third kappa shape index (κ3) is 3.83. The highest BCUT2D eigenvalue weighted by atomic mass is 16.5. The molecule has 9 nitrogen and oxygen atoms in total. The average molecular weight is 385 g/mol. The molecule has 0 aliphatic carbocycles. The molecule has 3 aromatic rings. The van der Waals surface area contributed by atoms with Gasteiger partial charge in [0, 0.05) is 31.8 Å². The Kier molecular flexibility index (Phi) is 5.35. The van der Waals surface area contributed by atoms with E-state index in [0.29, 0.717) is 23.3 Å². The SMILES string of the molecule is Cc1nn(C)c(C)c1-c1cc(C(=O)N[C@@H](C)c2nc(CC(C)C)no2)n(C)n1. The molecule has 0 spiro atoms. The van der Waals surface area contributed by atoms with Gasteiger partial charge >= 0.3 is 0 Å². The maximum absolute atomic E-state index is 12.8. The van der Waals surface area contributed by atoms with E-state index in [4.69, 9.17) is 4.52 Å². The molecular formula is C19H27N7O2. The van der Waals surface area contributed by atoms with Crippen LogP contribution in [-0.2, 0) is 20.5 Å². The molecule has 0 aromatic carbocycles. The van der Waals surface area contributed by atoms with Crippen molar-refractivity contribution >= 4 is 5.91 Å². The van der Waals surface area contributed by atoms with E-state index in [1.807, 2.05) is 32.5 Å². The largest absolute Gasteiger partial charge is 0.339 e. The topological polar surface area (TPSA) is 104 Å². The standard InChI is InChI=1S/C19H27N7O2/c1-10(2)8-16-21-19(28-24-16)12(4)20-18(27)15-9-14(23-26(15)7)17-11(3)22-25(6)13(17)5/h9-10,12H,8H2,1-7H3,(H,20,27)/t12-/m0/s1. The van der Waals surface area contributed by atoms with Crippen molar-refractivity contribution in [2.24, 2.45) is 20.0 Å². The lowest BCUT2D eigenvalue weighted by Gasteiger charge is -2.09. The first-order chi connectivity index (χ1) is 13.2. The summed E-state index contributed by atoms with van der Waals surface area (Å²) in [4.78, 5) is 17.1. The molecule has 0 saturated carbocycles. The Bertz CT molecular complexity index is 996. The highest BCUT2D eigenvalue weighted by Crippen LogP contribution is 2.26. The molecule has 1 N–H and O–H groups in total. The van der Waals surface area contributed by atoms with Gasteiger partial charge < -0.3 is 9.84 Å². The van der Waals surface area contributed by atoms with Gasteiger partial charge in [-0.3, -0.25) is 14.2 Å². The molecule has 0 aliphatic heterocycles. The van der Waals surface area contributed by atoms with Gasteiger partial charge in [-0.1, -0.05) is 19.0 Å². The summed E-state index contributed by atoms with van der Waals surface area (Å²) in [7, 11) is 3.64. The van der Waals surface area contributed by atoms with Gasteiger partial charge in [0.25, 0.3) is 5.91 Å². The molecule has 0 unspecified atom stereocenters. The number of aromatic nitrogens is 6. The summed E-state index contributed by atoms with van der Waals surface area (Å²) in [6.45, 7) is 9.91. The molecule has 0 bridgehead atoms. The van der Waals surface area contributed by atoms with Gasteiger partial charge in [-0.25, -0.2) is 0 Å². The van der Waals surface area contributed by atoms with E-state index in [2.05, 4.69) is 39.5 Å². The van der Waals surface area contributed by atoms with Gasteiger partial charge in [0.1, 0.15) is 11.7 Å². The van der Waals surface area contributed by atoms with Crippen LogP contribution >= 0.6 is 0 Å². The number of hydrogen-bond donors (Lipinski definition) is 1. The van der Waals surface area contributed by atoms with Crippen molar-refractivity contribution in [3.63, 3.8) is 0 Å². The van der Waals surface area contributed by atoms with Crippen LogP contribution in [0.1, 0.15) is 60.4 Å². The van der Waals surface area contributed by atoms with E-state index < -0.39 is 6.04 Å². The number of amides is 1. The van der Waals surface area contributed by atoms with Crippen LogP contribution in [-0.4, -0.2) is 35.6 Å². The van der Waals surface area contributed by atoms with Crippen molar-refractivity contribution in [1.82, 2.24) is 35.0 Å². The van der Waals surface area contributed by atoms with Crippen molar-refractivity contribution in [2.75, 3.05) is 0 Å². The first-order valence-electron chi connectivity index (χ1n) is 9.35. The van der Waals surface area contributed by atoms with Crippen LogP contribution in [0.4, 0.5) is 0 Å².